The van der Waals surface area contributed by atoms with Crippen LogP contribution in [-0.4, -0.2) is 24.4 Å². The van der Waals surface area contributed by atoms with Gasteiger partial charge in [-0.2, -0.15) is 5.26 Å². The maximum absolute atomic E-state index is 11.3. The molecule has 0 saturated carbocycles. The highest BCUT2D eigenvalue weighted by atomic mass is 16.2. The lowest BCUT2D eigenvalue weighted by atomic mass is 10.2. The Hall–Kier alpha value is -1.30. The summed E-state index contributed by atoms with van der Waals surface area (Å²) in [5.41, 5.74) is 0.913. The number of nitriles is 1. The largest absolute Gasteiger partial charge is 0.341 e. The third-order valence-electron chi connectivity index (χ3n) is 1.45. The van der Waals surface area contributed by atoms with E-state index >= 15 is 0 Å². The lowest BCUT2D eigenvalue weighted by Crippen LogP contribution is -2.32. The smallest absolute Gasteiger partial charge is 0.239 e. The van der Waals surface area contributed by atoms with Gasteiger partial charge in [0.2, 0.25) is 5.91 Å². The van der Waals surface area contributed by atoms with E-state index in [4.69, 9.17) is 5.26 Å². The van der Waals surface area contributed by atoms with Crippen LogP contribution in [0.3, 0.4) is 0 Å². The molecule has 0 heterocycles. The van der Waals surface area contributed by atoms with Crippen LogP contribution in [0.4, 0.5) is 0 Å². The van der Waals surface area contributed by atoms with Crippen LogP contribution in [0, 0.1) is 17.2 Å². The van der Waals surface area contributed by atoms with Gasteiger partial charge >= 0.3 is 0 Å². The second-order valence-corrected chi connectivity index (χ2v) is 3.00. The maximum Gasteiger partial charge on any atom is 0.239 e. The SMILES string of the molecule is C=C(C)CN(C)C(=O)C(C)C#N. The summed E-state index contributed by atoms with van der Waals surface area (Å²) < 4.78 is 0. The minimum absolute atomic E-state index is 0.152. The maximum atomic E-state index is 11.3. The Morgan fingerprint density at radius 2 is 2.25 bits per heavy atom. The Bertz CT molecular complexity index is 227. The molecule has 0 aliphatic carbocycles. The molecule has 0 fully saturated rings. The summed E-state index contributed by atoms with van der Waals surface area (Å²) in [7, 11) is 1.67. The second kappa shape index (κ2) is 4.55. The summed E-state index contributed by atoms with van der Waals surface area (Å²) >= 11 is 0. The minimum Gasteiger partial charge on any atom is -0.341 e. The zero-order chi connectivity index (χ0) is 9.72. The van der Waals surface area contributed by atoms with Gasteiger partial charge in [-0.15, -0.1) is 0 Å². The van der Waals surface area contributed by atoms with Crippen LogP contribution in [-0.2, 0) is 4.79 Å². The predicted octanol–water partition coefficient (Wildman–Crippen LogP) is 1.18. The van der Waals surface area contributed by atoms with Crippen LogP contribution in [0.25, 0.3) is 0 Å². The van der Waals surface area contributed by atoms with Crippen molar-refractivity contribution < 1.29 is 4.79 Å². The van der Waals surface area contributed by atoms with Crippen LogP contribution in [0.2, 0.25) is 0 Å². The quantitative estimate of drug-likeness (QED) is 0.591. The number of amides is 1. The van der Waals surface area contributed by atoms with Crippen molar-refractivity contribution in [1.29, 1.82) is 5.26 Å². The van der Waals surface area contributed by atoms with Crippen molar-refractivity contribution in [3.8, 4) is 6.07 Å². The number of hydrogen-bond acceptors (Lipinski definition) is 2. The van der Waals surface area contributed by atoms with E-state index in [1.54, 1.807) is 14.0 Å². The lowest BCUT2D eigenvalue weighted by molar-refractivity contribution is -0.131. The van der Waals surface area contributed by atoms with Gasteiger partial charge in [0.1, 0.15) is 5.92 Å². The third kappa shape index (κ3) is 3.20. The molecule has 0 bridgehead atoms. The van der Waals surface area contributed by atoms with Crippen molar-refractivity contribution in [2.24, 2.45) is 5.92 Å². The molecule has 0 aliphatic rings. The number of nitrogens with zero attached hydrogens (tertiary/aromatic N) is 2. The van der Waals surface area contributed by atoms with Crippen LogP contribution in [0.1, 0.15) is 13.8 Å². The fourth-order valence-electron chi connectivity index (χ4n) is 0.869. The monoisotopic (exact) mass is 166 g/mol. The molecule has 0 radical (unpaired) electrons. The van der Waals surface area contributed by atoms with E-state index in [-0.39, 0.29) is 5.91 Å². The van der Waals surface area contributed by atoms with E-state index in [9.17, 15) is 4.79 Å². The van der Waals surface area contributed by atoms with E-state index in [1.807, 2.05) is 13.0 Å². The second-order valence-electron chi connectivity index (χ2n) is 3.00. The van der Waals surface area contributed by atoms with Gasteiger partial charge in [0, 0.05) is 13.6 Å². The molecule has 0 aromatic rings. The summed E-state index contributed by atoms with van der Waals surface area (Å²) in [6, 6.07) is 1.90. The minimum atomic E-state index is -0.561. The molecule has 0 aromatic heterocycles. The first-order valence-electron chi connectivity index (χ1n) is 3.78. The molecule has 66 valence electrons. The summed E-state index contributed by atoms with van der Waals surface area (Å²) in [6.07, 6.45) is 0. The Kier molecular flexibility index (Phi) is 4.06. The van der Waals surface area contributed by atoms with Crippen LogP contribution < -0.4 is 0 Å². The van der Waals surface area contributed by atoms with Crippen LogP contribution >= 0.6 is 0 Å². The summed E-state index contributed by atoms with van der Waals surface area (Å²) in [6.45, 7) is 7.65. The van der Waals surface area contributed by atoms with Gasteiger partial charge in [-0.05, 0) is 13.8 Å². The number of hydrogen-bond donors (Lipinski definition) is 0. The zero-order valence-corrected chi connectivity index (χ0v) is 7.79. The molecule has 0 aliphatic heterocycles. The highest BCUT2D eigenvalue weighted by Gasteiger charge is 2.15. The lowest BCUT2D eigenvalue weighted by Gasteiger charge is -2.17. The highest BCUT2D eigenvalue weighted by molar-refractivity contribution is 5.80. The predicted molar refractivity (Wildman–Crippen MR) is 47.2 cm³/mol. The van der Waals surface area contributed by atoms with E-state index in [2.05, 4.69) is 6.58 Å². The molecule has 0 spiro atoms. The molecule has 0 N–H and O–H groups in total. The number of likely N-dealkylation sites (N-methyl/N-ethyl adjacent to an activating group) is 1. The van der Waals surface area contributed by atoms with Gasteiger partial charge in [-0.25, -0.2) is 0 Å². The fraction of sp³-hybridized carbons (Fsp3) is 0.556. The van der Waals surface area contributed by atoms with E-state index in [0.29, 0.717) is 6.54 Å². The first kappa shape index (κ1) is 10.7. The average molecular weight is 166 g/mol. The van der Waals surface area contributed by atoms with Gasteiger partial charge in [0.05, 0.1) is 6.07 Å². The van der Waals surface area contributed by atoms with Crippen molar-refractivity contribution >= 4 is 5.91 Å². The van der Waals surface area contributed by atoms with Crippen molar-refractivity contribution in [3.05, 3.63) is 12.2 Å². The summed E-state index contributed by atoms with van der Waals surface area (Å²) in [5, 5.41) is 8.47. The molecule has 0 rings (SSSR count). The first-order chi connectivity index (χ1) is 5.49. The molecule has 1 amide bonds. The van der Waals surface area contributed by atoms with Crippen molar-refractivity contribution in [2.45, 2.75) is 13.8 Å². The molecule has 3 heteroatoms. The van der Waals surface area contributed by atoms with Crippen molar-refractivity contribution in [1.82, 2.24) is 4.90 Å². The van der Waals surface area contributed by atoms with Crippen molar-refractivity contribution in [2.75, 3.05) is 13.6 Å². The molecular formula is C9H14N2O. The summed E-state index contributed by atoms with van der Waals surface area (Å²) in [4.78, 5) is 12.8. The molecule has 1 unspecified atom stereocenters. The number of carbonyl (C=O) groups is 1. The Morgan fingerprint density at radius 3 is 2.58 bits per heavy atom. The van der Waals surface area contributed by atoms with Gasteiger partial charge in [-0.1, -0.05) is 12.2 Å². The van der Waals surface area contributed by atoms with Gasteiger partial charge in [-0.3, -0.25) is 4.79 Å². The van der Waals surface area contributed by atoms with Gasteiger partial charge < -0.3 is 4.90 Å². The standard InChI is InChI=1S/C9H14N2O/c1-7(2)6-11(4)9(12)8(3)5-10/h8H,1,6H2,2-4H3. The van der Waals surface area contributed by atoms with E-state index < -0.39 is 5.92 Å². The molecular weight excluding hydrogens is 152 g/mol. The van der Waals surface area contributed by atoms with Gasteiger partial charge in [0.25, 0.3) is 0 Å². The zero-order valence-electron chi connectivity index (χ0n) is 7.79. The normalized spacial score (nSPS) is 11.5. The highest BCUT2D eigenvalue weighted by Crippen LogP contribution is 2.01. The fourth-order valence-corrected chi connectivity index (χ4v) is 0.869. The first-order valence-corrected chi connectivity index (χ1v) is 3.78. The van der Waals surface area contributed by atoms with Crippen molar-refractivity contribution in [3.63, 3.8) is 0 Å². The third-order valence-corrected chi connectivity index (χ3v) is 1.45. The summed E-state index contributed by atoms with van der Waals surface area (Å²) in [5.74, 6) is -0.713. The van der Waals surface area contributed by atoms with Gasteiger partial charge in [0.15, 0.2) is 0 Å². The number of carbonyl (C=O) groups excluding carboxylic acids is 1. The molecule has 3 nitrogen and oxygen atoms in total. The number of rotatable bonds is 3. The molecule has 12 heavy (non-hydrogen) atoms. The molecule has 0 aromatic carbocycles. The van der Waals surface area contributed by atoms with E-state index in [0.717, 1.165) is 5.57 Å². The van der Waals surface area contributed by atoms with E-state index in [1.165, 1.54) is 4.90 Å². The molecule has 0 saturated heterocycles. The van der Waals surface area contributed by atoms with Crippen LogP contribution in [0.15, 0.2) is 12.2 Å². The Balaban J connectivity index is 4.12. The Labute approximate surface area is 73.3 Å². The average Bonchev–Trinajstić information content (AvgIpc) is 2.00. The molecule has 1 atom stereocenters. The van der Waals surface area contributed by atoms with Crippen LogP contribution in [0.5, 0.6) is 0 Å². The topological polar surface area (TPSA) is 44.1 Å². The Morgan fingerprint density at radius 1 is 1.75 bits per heavy atom.